The van der Waals surface area contributed by atoms with E-state index < -0.39 is 23.2 Å². The first kappa shape index (κ1) is 16.1. The Hall–Kier alpha value is -1.30. The predicted octanol–water partition coefficient (Wildman–Crippen LogP) is 1.93. The highest BCUT2D eigenvalue weighted by Gasteiger charge is 2.51. The molecule has 2 unspecified atom stereocenters. The maximum absolute atomic E-state index is 12.3. The molecule has 2 saturated heterocycles. The van der Waals surface area contributed by atoms with Gasteiger partial charge in [0, 0.05) is 19.6 Å². The number of piperidine rings is 1. The number of ether oxygens (including phenoxy) is 1. The zero-order chi connectivity index (χ0) is 15.8. The van der Waals surface area contributed by atoms with Crippen molar-refractivity contribution in [3.05, 3.63) is 0 Å². The first-order chi connectivity index (χ1) is 9.66. The van der Waals surface area contributed by atoms with E-state index in [4.69, 9.17) is 4.74 Å². The molecule has 0 bridgehead atoms. The SMILES string of the molecule is CN(C(=O)OC(C)(C)C)C1(C(=O)O)CCN2CCCC2C1. The highest BCUT2D eigenvalue weighted by Crippen LogP contribution is 2.37. The fourth-order valence-corrected chi connectivity index (χ4v) is 3.39. The van der Waals surface area contributed by atoms with Crippen LogP contribution in [-0.2, 0) is 9.53 Å². The number of fused-ring (bicyclic) bond motifs is 1. The van der Waals surface area contributed by atoms with E-state index in [2.05, 4.69) is 4.90 Å². The van der Waals surface area contributed by atoms with Gasteiger partial charge in [0.2, 0.25) is 0 Å². The monoisotopic (exact) mass is 298 g/mol. The molecule has 2 aliphatic rings. The molecule has 1 amide bonds. The van der Waals surface area contributed by atoms with Crippen molar-refractivity contribution in [2.45, 2.75) is 63.6 Å². The second-order valence-corrected chi connectivity index (χ2v) is 7.16. The highest BCUT2D eigenvalue weighted by atomic mass is 16.6. The zero-order valence-electron chi connectivity index (χ0n) is 13.4. The van der Waals surface area contributed by atoms with E-state index >= 15 is 0 Å². The van der Waals surface area contributed by atoms with Crippen molar-refractivity contribution >= 4 is 12.1 Å². The molecule has 0 spiro atoms. The van der Waals surface area contributed by atoms with Crippen molar-refractivity contribution in [3.63, 3.8) is 0 Å². The summed E-state index contributed by atoms with van der Waals surface area (Å²) in [5, 5.41) is 9.76. The average Bonchev–Trinajstić information content (AvgIpc) is 2.82. The first-order valence-electron chi connectivity index (χ1n) is 7.60. The fourth-order valence-electron chi connectivity index (χ4n) is 3.39. The molecule has 2 fully saturated rings. The topological polar surface area (TPSA) is 70.1 Å². The van der Waals surface area contributed by atoms with Gasteiger partial charge in [0.1, 0.15) is 11.1 Å². The van der Waals surface area contributed by atoms with Gasteiger partial charge in [-0.05, 0) is 53.0 Å². The number of carbonyl (C=O) groups excluding carboxylic acids is 1. The third-order valence-corrected chi connectivity index (χ3v) is 4.59. The van der Waals surface area contributed by atoms with Crippen LogP contribution < -0.4 is 0 Å². The third-order valence-electron chi connectivity index (χ3n) is 4.59. The van der Waals surface area contributed by atoms with Crippen LogP contribution in [0.5, 0.6) is 0 Å². The lowest BCUT2D eigenvalue weighted by Crippen LogP contribution is -2.62. The number of carbonyl (C=O) groups is 2. The zero-order valence-corrected chi connectivity index (χ0v) is 13.4. The molecule has 0 radical (unpaired) electrons. The molecular formula is C15H26N2O4. The maximum Gasteiger partial charge on any atom is 0.410 e. The minimum Gasteiger partial charge on any atom is -0.479 e. The quantitative estimate of drug-likeness (QED) is 0.843. The Morgan fingerprint density at radius 3 is 2.57 bits per heavy atom. The van der Waals surface area contributed by atoms with E-state index in [0.29, 0.717) is 12.8 Å². The number of carboxylic acids is 1. The van der Waals surface area contributed by atoms with Crippen molar-refractivity contribution in [2.24, 2.45) is 0 Å². The molecule has 0 aromatic carbocycles. The number of aliphatic carboxylic acids is 1. The van der Waals surface area contributed by atoms with Gasteiger partial charge in [0.15, 0.2) is 0 Å². The van der Waals surface area contributed by atoms with E-state index in [1.165, 1.54) is 4.90 Å². The number of rotatable bonds is 2. The van der Waals surface area contributed by atoms with Gasteiger partial charge in [-0.3, -0.25) is 4.90 Å². The normalized spacial score (nSPS) is 29.8. The van der Waals surface area contributed by atoms with Gasteiger partial charge < -0.3 is 14.7 Å². The van der Waals surface area contributed by atoms with Crippen LogP contribution in [0.1, 0.15) is 46.5 Å². The molecule has 2 heterocycles. The van der Waals surface area contributed by atoms with E-state index in [9.17, 15) is 14.7 Å². The molecule has 6 heteroatoms. The molecule has 6 nitrogen and oxygen atoms in total. The Kier molecular flexibility index (Phi) is 4.19. The summed E-state index contributed by atoms with van der Waals surface area (Å²) in [6, 6.07) is 0.264. The fraction of sp³-hybridized carbons (Fsp3) is 0.867. The first-order valence-corrected chi connectivity index (χ1v) is 7.60. The van der Waals surface area contributed by atoms with Crippen LogP contribution in [0.2, 0.25) is 0 Å². The summed E-state index contributed by atoms with van der Waals surface area (Å²) in [6.07, 6.45) is 2.50. The van der Waals surface area contributed by atoms with E-state index in [1.54, 1.807) is 27.8 Å². The Morgan fingerprint density at radius 1 is 1.33 bits per heavy atom. The number of hydrogen-bond acceptors (Lipinski definition) is 4. The average molecular weight is 298 g/mol. The van der Waals surface area contributed by atoms with Crippen LogP contribution >= 0.6 is 0 Å². The standard InChI is InChI=1S/C15H26N2O4/c1-14(2,3)21-13(20)16(4)15(12(18)19)7-9-17-8-5-6-11(17)10-15/h11H,5-10H2,1-4H3,(H,18,19). The summed E-state index contributed by atoms with van der Waals surface area (Å²) in [7, 11) is 1.55. The Balaban J connectivity index is 2.18. The predicted molar refractivity (Wildman–Crippen MR) is 78.2 cm³/mol. The maximum atomic E-state index is 12.3. The smallest absolute Gasteiger partial charge is 0.410 e. The summed E-state index contributed by atoms with van der Waals surface area (Å²) in [5.41, 5.74) is -1.77. The summed E-state index contributed by atoms with van der Waals surface area (Å²) >= 11 is 0. The third kappa shape index (κ3) is 3.15. The molecule has 0 aromatic heterocycles. The van der Waals surface area contributed by atoms with Crippen molar-refractivity contribution in [1.82, 2.24) is 9.80 Å². The van der Waals surface area contributed by atoms with Crippen LogP contribution in [0.3, 0.4) is 0 Å². The molecule has 0 aromatic rings. The lowest BCUT2D eigenvalue weighted by atomic mass is 9.82. The minimum atomic E-state index is -1.14. The summed E-state index contributed by atoms with van der Waals surface area (Å²) in [4.78, 5) is 27.8. The molecular weight excluding hydrogens is 272 g/mol. The van der Waals surface area contributed by atoms with Gasteiger partial charge in [0.25, 0.3) is 0 Å². The summed E-state index contributed by atoms with van der Waals surface area (Å²) < 4.78 is 5.35. The molecule has 1 N–H and O–H groups in total. The second kappa shape index (κ2) is 5.48. The molecule has 0 aliphatic carbocycles. The summed E-state index contributed by atoms with van der Waals surface area (Å²) in [6.45, 7) is 7.11. The van der Waals surface area contributed by atoms with Crippen molar-refractivity contribution in [2.75, 3.05) is 20.1 Å². The van der Waals surface area contributed by atoms with Crippen molar-refractivity contribution < 1.29 is 19.4 Å². The van der Waals surface area contributed by atoms with Crippen LogP contribution in [-0.4, -0.2) is 64.3 Å². The van der Waals surface area contributed by atoms with Gasteiger partial charge >= 0.3 is 12.1 Å². The Morgan fingerprint density at radius 2 is 2.00 bits per heavy atom. The van der Waals surface area contributed by atoms with Gasteiger partial charge in [-0.1, -0.05) is 0 Å². The van der Waals surface area contributed by atoms with Crippen LogP contribution in [0, 0.1) is 0 Å². The lowest BCUT2D eigenvalue weighted by Gasteiger charge is -2.46. The van der Waals surface area contributed by atoms with Gasteiger partial charge in [-0.15, -0.1) is 0 Å². The van der Waals surface area contributed by atoms with Gasteiger partial charge in [-0.25, -0.2) is 9.59 Å². The molecule has 2 aliphatic heterocycles. The van der Waals surface area contributed by atoms with Crippen LogP contribution in [0.4, 0.5) is 4.79 Å². The molecule has 120 valence electrons. The Bertz CT molecular complexity index is 432. The van der Waals surface area contributed by atoms with Crippen LogP contribution in [0.25, 0.3) is 0 Å². The summed E-state index contributed by atoms with van der Waals surface area (Å²) in [5.74, 6) is -0.928. The minimum absolute atomic E-state index is 0.264. The molecule has 0 saturated carbocycles. The molecule has 2 rings (SSSR count). The number of likely N-dealkylation sites (N-methyl/N-ethyl adjacent to an activating group) is 1. The number of nitrogens with zero attached hydrogens (tertiary/aromatic N) is 2. The number of carboxylic acid groups (broad SMARTS) is 1. The second-order valence-electron chi connectivity index (χ2n) is 7.16. The van der Waals surface area contributed by atoms with E-state index in [0.717, 1.165) is 25.9 Å². The largest absolute Gasteiger partial charge is 0.479 e. The highest BCUT2D eigenvalue weighted by molar-refractivity contribution is 5.84. The van der Waals surface area contributed by atoms with Crippen molar-refractivity contribution in [3.8, 4) is 0 Å². The van der Waals surface area contributed by atoms with Gasteiger partial charge in [0.05, 0.1) is 0 Å². The van der Waals surface area contributed by atoms with Crippen molar-refractivity contribution in [1.29, 1.82) is 0 Å². The molecule has 2 atom stereocenters. The molecule has 21 heavy (non-hydrogen) atoms. The van der Waals surface area contributed by atoms with E-state index in [-0.39, 0.29) is 6.04 Å². The van der Waals surface area contributed by atoms with E-state index in [1.807, 2.05) is 0 Å². The number of amides is 1. The number of hydrogen-bond donors (Lipinski definition) is 1. The Labute approximate surface area is 126 Å². The van der Waals surface area contributed by atoms with Crippen LogP contribution in [0.15, 0.2) is 0 Å². The lowest BCUT2D eigenvalue weighted by molar-refractivity contribution is -0.154. The van der Waals surface area contributed by atoms with Gasteiger partial charge in [-0.2, -0.15) is 0 Å².